The molecule has 136 valence electrons. The molecule has 0 saturated heterocycles. The number of aryl methyl sites for hydroxylation is 1. The van der Waals surface area contributed by atoms with Crippen molar-refractivity contribution < 1.29 is 14.6 Å². The topological polar surface area (TPSA) is 58.6 Å². The minimum absolute atomic E-state index is 0.0173. The molecule has 0 fully saturated rings. The van der Waals surface area contributed by atoms with Gasteiger partial charge in [-0.25, -0.2) is 4.79 Å². The maximum atomic E-state index is 12.0. The van der Waals surface area contributed by atoms with Gasteiger partial charge in [-0.3, -0.25) is 0 Å². The minimum Gasteiger partial charge on any atom is -0.444 e. The molecule has 0 bridgehead atoms. The van der Waals surface area contributed by atoms with Crippen molar-refractivity contribution in [2.75, 3.05) is 24.7 Å². The Morgan fingerprint density at radius 1 is 1.33 bits per heavy atom. The Bertz CT molecular complexity index is 528. The predicted octanol–water partition coefficient (Wildman–Crippen LogP) is 3.89. The Kier molecular flexibility index (Phi) is 8.10. The molecule has 5 heteroatoms. The average molecular weight is 354 g/mol. The summed E-state index contributed by atoms with van der Waals surface area (Å²) in [5.74, 6) is 1.97. The molecule has 0 heterocycles. The highest BCUT2D eigenvalue weighted by atomic mass is 32.2. The van der Waals surface area contributed by atoms with E-state index in [0.717, 1.165) is 29.1 Å². The fourth-order valence-corrected chi connectivity index (χ4v) is 3.33. The molecule has 4 nitrogen and oxygen atoms in total. The lowest BCUT2D eigenvalue weighted by Gasteiger charge is -2.33. The molecule has 1 amide bonds. The van der Waals surface area contributed by atoms with Gasteiger partial charge in [0.05, 0.1) is 6.61 Å². The number of benzene rings is 1. The molecule has 0 aliphatic rings. The van der Waals surface area contributed by atoms with Crippen LogP contribution in [0.3, 0.4) is 0 Å². The molecule has 0 aromatic heterocycles. The number of carbonyl (C=O) groups is 1. The third-order valence-corrected chi connectivity index (χ3v) is 4.73. The molecule has 0 aliphatic heterocycles. The van der Waals surface area contributed by atoms with Crippen molar-refractivity contribution in [3.8, 4) is 0 Å². The second kappa shape index (κ2) is 9.33. The molecule has 1 unspecified atom stereocenters. The van der Waals surface area contributed by atoms with Crippen LogP contribution in [0.1, 0.15) is 45.2 Å². The van der Waals surface area contributed by atoms with Gasteiger partial charge >= 0.3 is 6.09 Å². The lowest BCUT2D eigenvalue weighted by atomic mass is 9.78. The van der Waals surface area contributed by atoms with Crippen LogP contribution in [0.2, 0.25) is 0 Å². The summed E-state index contributed by atoms with van der Waals surface area (Å²) in [6.07, 6.45) is 0.345. The number of amides is 1. The van der Waals surface area contributed by atoms with Gasteiger partial charge in [0.25, 0.3) is 0 Å². The first-order chi connectivity index (χ1) is 11.2. The van der Waals surface area contributed by atoms with E-state index in [1.807, 2.05) is 57.7 Å². The van der Waals surface area contributed by atoms with Crippen LogP contribution in [-0.2, 0) is 10.2 Å². The Labute approximate surface area is 150 Å². The van der Waals surface area contributed by atoms with Crippen LogP contribution in [0, 0.1) is 6.92 Å². The first-order valence-corrected chi connectivity index (χ1v) is 9.60. The van der Waals surface area contributed by atoms with Gasteiger partial charge < -0.3 is 15.2 Å². The second-order valence-electron chi connectivity index (χ2n) is 7.11. The quantitative estimate of drug-likeness (QED) is 0.696. The Morgan fingerprint density at radius 2 is 2.04 bits per heavy atom. The SMILES string of the molecule is CCSCCC(CO)(CNC(=O)OC(C)(C)C)c1cccc(C)c1. The number of rotatable bonds is 8. The fourth-order valence-electron chi connectivity index (χ4n) is 2.50. The fraction of sp³-hybridized carbons (Fsp3) is 0.632. The Balaban J connectivity index is 2.93. The summed E-state index contributed by atoms with van der Waals surface area (Å²) in [5.41, 5.74) is 1.17. The van der Waals surface area contributed by atoms with E-state index in [9.17, 15) is 9.90 Å². The number of thioether (sulfide) groups is 1. The van der Waals surface area contributed by atoms with Crippen LogP contribution < -0.4 is 5.32 Å². The maximum Gasteiger partial charge on any atom is 0.407 e. The molecule has 0 spiro atoms. The van der Waals surface area contributed by atoms with E-state index in [1.165, 1.54) is 0 Å². The van der Waals surface area contributed by atoms with Crippen molar-refractivity contribution in [2.24, 2.45) is 0 Å². The first-order valence-electron chi connectivity index (χ1n) is 8.45. The van der Waals surface area contributed by atoms with Gasteiger partial charge in [-0.1, -0.05) is 36.8 Å². The lowest BCUT2D eigenvalue weighted by molar-refractivity contribution is 0.0502. The highest BCUT2D eigenvalue weighted by molar-refractivity contribution is 7.99. The van der Waals surface area contributed by atoms with E-state index >= 15 is 0 Å². The number of hydrogen-bond donors (Lipinski definition) is 2. The van der Waals surface area contributed by atoms with E-state index in [0.29, 0.717) is 6.54 Å². The van der Waals surface area contributed by atoms with E-state index in [4.69, 9.17) is 4.74 Å². The molecule has 1 rings (SSSR count). The van der Waals surface area contributed by atoms with Crippen molar-refractivity contribution in [1.82, 2.24) is 5.32 Å². The van der Waals surface area contributed by atoms with Crippen LogP contribution in [0.4, 0.5) is 4.79 Å². The minimum atomic E-state index is -0.534. The van der Waals surface area contributed by atoms with Crippen molar-refractivity contribution in [3.05, 3.63) is 35.4 Å². The van der Waals surface area contributed by atoms with E-state index in [2.05, 4.69) is 18.3 Å². The zero-order valence-electron chi connectivity index (χ0n) is 15.5. The van der Waals surface area contributed by atoms with Crippen molar-refractivity contribution in [2.45, 2.75) is 52.1 Å². The number of carbonyl (C=O) groups excluding carboxylic acids is 1. The van der Waals surface area contributed by atoms with Crippen molar-refractivity contribution in [3.63, 3.8) is 0 Å². The number of aliphatic hydroxyl groups is 1. The van der Waals surface area contributed by atoms with E-state index in [1.54, 1.807) is 0 Å². The van der Waals surface area contributed by atoms with Crippen LogP contribution in [-0.4, -0.2) is 41.5 Å². The smallest absolute Gasteiger partial charge is 0.407 e. The third-order valence-electron chi connectivity index (χ3n) is 3.83. The van der Waals surface area contributed by atoms with Gasteiger partial charge in [-0.15, -0.1) is 0 Å². The monoisotopic (exact) mass is 353 g/mol. The van der Waals surface area contributed by atoms with E-state index < -0.39 is 17.1 Å². The molecule has 2 N–H and O–H groups in total. The van der Waals surface area contributed by atoms with Gasteiger partial charge in [0, 0.05) is 12.0 Å². The second-order valence-corrected chi connectivity index (χ2v) is 8.50. The van der Waals surface area contributed by atoms with Gasteiger partial charge in [-0.05, 0) is 51.2 Å². The van der Waals surface area contributed by atoms with Crippen LogP contribution >= 0.6 is 11.8 Å². The largest absolute Gasteiger partial charge is 0.444 e. The van der Waals surface area contributed by atoms with Gasteiger partial charge in [0.1, 0.15) is 5.60 Å². The summed E-state index contributed by atoms with van der Waals surface area (Å²) < 4.78 is 5.33. The molecule has 1 aromatic rings. The van der Waals surface area contributed by atoms with Gasteiger partial charge in [0.2, 0.25) is 0 Å². The molecular formula is C19H31NO3S. The molecule has 0 saturated carbocycles. The highest BCUT2D eigenvalue weighted by Gasteiger charge is 2.32. The van der Waals surface area contributed by atoms with Gasteiger partial charge in [0.15, 0.2) is 0 Å². The standard InChI is InChI=1S/C19H31NO3S/c1-6-24-11-10-19(14-21,16-9-7-8-15(2)12-16)13-20-17(22)23-18(3,4)5/h7-9,12,21H,6,10-11,13-14H2,1-5H3,(H,20,22). The molecule has 0 aliphatic carbocycles. The molecule has 1 atom stereocenters. The third kappa shape index (κ3) is 6.73. The zero-order chi connectivity index (χ0) is 18.2. The van der Waals surface area contributed by atoms with Crippen LogP contribution in [0.25, 0.3) is 0 Å². The summed E-state index contributed by atoms with van der Waals surface area (Å²) in [6.45, 7) is 10.0. The molecular weight excluding hydrogens is 322 g/mol. The number of ether oxygens (including phenoxy) is 1. The number of nitrogens with one attached hydrogen (secondary N) is 1. The lowest BCUT2D eigenvalue weighted by Crippen LogP contribution is -2.45. The molecule has 24 heavy (non-hydrogen) atoms. The Hall–Kier alpha value is -1.20. The highest BCUT2D eigenvalue weighted by Crippen LogP contribution is 2.30. The predicted molar refractivity (Wildman–Crippen MR) is 102 cm³/mol. The van der Waals surface area contributed by atoms with E-state index in [-0.39, 0.29) is 6.61 Å². The number of aliphatic hydroxyl groups excluding tert-OH is 1. The van der Waals surface area contributed by atoms with Crippen LogP contribution in [0.5, 0.6) is 0 Å². The van der Waals surface area contributed by atoms with Crippen molar-refractivity contribution >= 4 is 17.9 Å². The summed E-state index contributed by atoms with van der Waals surface area (Å²) in [7, 11) is 0. The number of alkyl carbamates (subject to hydrolysis) is 1. The average Bonchev–Trinajstić information content (AvgIpc) is 2.49. The van der Waals surface area contributed by atoms with Crippen LogP contribution in [0.15, 0.2) is 24.3 Å². The Morgan fingerprint density at radius 3 is 2.58 bits per heavy atom. The maximum absolute atomic E-state index is 12.0. The van der Waals surface area contributed by atoms with Gasteiger partial charge in [-0.2, -0.15) is 11.8 Å². The normalized spacial score (nSPS) is 14.1. The summed E-state index contributed by atoms with van der Waals surface area (Å²) in [4.78, 5) is 12.0. The summed E-state index contributed by atoms with van der Waals surface area (Å²) >= 11 is 1.84. The summed E-state index contributed by atoms with van der Waals surface area (Å²) in [5, 5.41) is 13.0. The van der Waals surface area contributed by atoms with Crippen molar-refractivity contribution in [1.29, 1.82) is 0 Å². The summed E-state index contributed by atoms with van der Waals surface area (Å²) in [6, 6.07) is 8.14. The zero-order valence-corrected chi connectivity index (χ0v) is 16.3. The number of hydrogen-bond acceptors (Lipinski definition) is 4. The molecule has 0 radical (unpaired) electrons. The first kappa shape index (κ1) is 20.8. The molecule has 1 aromatic carbocycles.